The summed E-state index contributed by atoms with van der Waals surface area (Å²) >= 11 is 1.45. The Bertz CT molecular complexity index is 565. The van der Waals surface area contributed by atoms with Crippen molar-refractivity contribution in [3.8, 4) is 0 Å². The van der Waals surface area contributed by atoms with Crippen LogP contribution in [0.15, 0.2) is 23.6 Å². The predicted molar refractivity (Wildman–Crippen MR) is 94.8 cm³/mol. The number of thioether (sulfide) groups is 1. The Labute approximate surface area is 148 Å². The fraction of sp³-hybridized carbons (Fsp3) is 0.722. The van der Waals surface area contributed by atoms with Gasteiger partial charge in [-0.15, -0.1) is 0 Å². The van der Waals surface area contributed by atoms with Gasteiger partial charge in [0.05, 0.1) is 5.75 Å². The molecule has 4 aliphatic rings. The highest BCUT2D eigenvalue weighted by molar-refractivity contribution is 7.99. The molecule has 130 valence electrons. The fourth-order valence-electron chi connectivity index (χ4n) is 4.19. The van der Waals surface area contributed by atoms with E-state index in [-0.39, 0.29) is 5.91 Å². The van der Waals surface area contributed by atoms with E-state index in [4.69, 9.17) is 0 Å². The molecule has 1 saturated carbocycles. The van der Waals surface area contributed by atoms with Crippen LogP contribution in [0.5, 0.6) is 0 Å². The summed E-state index contributed by atoms with van der Waals surface area (Å²) in [6, 6.07) is 2.38. The van der Waals surface area contributed by atoms with Gasteiger partial charge in [-0.25, -0.2) is 9.97 Å². The van der Waals surface area contributed by atoms with Gasteiger partial charge in [0.1, 0.15) is 0 Å². The van der Waals surface area contributed by atoms with E-state index in [0.29, 0.717) is 22.9 Å². The Morgan fingerprint density at radius 3 is 2.71 bits per heavy atom. The molecule has 0 radical (unpaired) electrons. The molecule has 1 aromatic rings. The maximum Gasteiger partial charge on any atom is 0.233 e. The molecule has 2 bridgehead atoms. The Hall–Kier alpha value is -1.14. The van der Waals surface area contributed by atoms with Crippen molar-refractivity contribution in [1.82, 2.24) is 19.8 Å². The van der Waals surface area contributed by atoms with Gasteiger partial charge in [0, 0.05) is 44.6 Å². The van der Waals surface area contributed by atoms with Crippen LogP contribution in [0.3, 0.4) is 0 Å². The predicted octanol–water partition coefficient (Wildman–Crippen LogP) is 2.29. The minimum atomic E-state index is 0.245. The Balaban J connectivity index is 1.33. The van der Waals surface area contributed by atoms with Crippen LogP contribution in [0.2, 0.25) is 0 Å². The topological polar surface area (TPSA) is 49.3 Å². The molecule has 5 nitrogen and oxygen atoms in total. The lowest BCUT2D eigenvalue weighted by atomic mass is 9.83. The van der Waals surface area contributed by atoms with Gasteiger partial charge in [0.25, 0.3) is 0 Å². The molecular weight excluding hydrogens is 320 g/mol. The molecule has 3 aliphatic heterocycles. The Kier molecular flexibility index (Phi) is 5.03. The molecule has 24 heavy (non-hydrogen) atoms. The minimum Gasteiger partial charge on any atom is -0.340 e. The smallest absolute Gasteiger partial charge is 0.233 e. The molecule has 1 aliphatic carbocycles. The molecule has 4 heterocycles. The van der Waals surface area contributed by atoms with Crippen LogP contribution < -0.4 is 0 Å². The number of fused-ring (bicyclic) bond motifs is 4. The SMILES string of the molecule is O=C(CSc1ncccn1)N1C[C@H]2CC[C@@H](C1)N(CC1CCC1)C2. The zero-order valence-electron chi connectivity index (χ0n) is 14.1. The molecule has 1 amide bonds. The summed E-state index contributed by atoms with van der Waals surface area (Å²) in [6.45, 7) is 4.31. The van der Waals surface area contributed by atoms with Crippen LogP contribution in [0.4, 0.5) is 0 Å². The van der Waals surface area contributed by atoms with Crippen LogP contribution in [0.25, 0.3) is 0 Å². The zero-order valence-corrected chi connectivity index (χ0v) is 15.0. The molecule has 6 heteroatoms. The van der Waals surface area contributed by atoms with Gasteiger partial charge in [0.2, 0.25) is 5.91 Å². The van der Waals surface area contributed by atoms with E-state index in [1.165, 1.54) is 57.0 Å². The van der Waals surface area contributed by atoms with Gasteiger partial charge < -0.3 is 4.90 Å². The quantitative estimate of drug-likeness (QED) is 0.605. The van der Waals surface area contributed by atoms with Gasteiger partial charge in [-0.3, -0.25) is 9.69 Å². The highest BCUT2D eigenvalue weighted by Crippen LogP contribution is 2.33. The summed E-state index contributed by atoms with van der Waals surface area (Å²) in [7, 11) is 0. The van der Waals surface area contributed by atoms with Crippen molar-refractivity contribution in [2.45, 2.75) is 43.3 Å². The lowest BCUT2D eigenvalue weighted by Gasteiger charge is -2.40. The molecule has 3 saturated heterocycles. The molecule has 0 aromatic carbocycles. The van der Waals surface area contributed by atoms with Crippen molar-refractivity contribution in [2.75, 3.05) is 31.9 Å². The zero-order chi connectivity index (χ0) is 16.4. The average Bonchev–Trinajstić information content (AvgIpc) is 2.89. The maximum atomic E-state index is 12.7. The highest BCUT2D eigenvalue weighted by atomic mass is 32.2. The first-order valence-electron chi connectivity index (χ1n) is 9.19. The third kappa shape index (κ3) is 3.75. The third-order valence-corrected chi connectivity index (χ3v) is 6.62. The van der Waals surface area contributed by atoms with Crippen LogP contribution in [0.1, 0.15) is 32.1 Å². The van der Waals surface area contributed by atoms with Crippen molar-refractivity contribution < 1.29 is 4.79 Å². The van der Waals surface area contributed by atoms with Gasteiger partial charge >= 0.3 is 0 Å². The molecule has 0 unspecified atom stereocenters. The van der Waals surface area contributed by atoms with Gasteiger partial charge in [-0.1, -0.05) is 18.2 Å². The lowest BCUT2D eigenvalue weighted by molar-refractivity contribution is -0.128. The number of nitrogens with zero attached hydrogens (tertiary/aromatic N) is 4. The maximum absolute atomic E-state index is 12.7. The van der Waals surface area contributed by atoms with E-state index in [0.717, 1.165) is 19.0 Å². The van der Waals surface area contributed by atoms with E-state index < -0.39 is 0 Å². The fourth-order valence-corrected chi connectivity index (χ4v) is 4.90. The molecule has 1 aromatic heterocycles. The van der Waals surface area contributed by atoms with Crippen molar-refractivity contribution in [1.29, 1.82) is 0 Å². The number of hydrogen-bond acceptors (Lipinski definition) is 5. The molecule has 0 spiro atoms. The van der Waals surface area contributed by atoms with Crippen LogP contribution in [-0.2, 0) is 4.79 Å². The highest BCUT2D eigenvalue weighted by Gasteiger charge is 2.37. The summed E-state index contributed by atoms with van der Waals surface area (Å²) in [5, 5.41) is 0.690. The number of rotatable bonds is 5. The van der Waals surface area contributed by atoms with Crippen LogP contribution in [0, 0.1) is 11.8 Å². The van der Waals surface area contributed by atoms with E-state index in [1.54, 1.807) is 18.5 Å². The second kappa shape index (κ2) is 7.40. The van der Waals surface area contributed by atoms with E-state index in [9.17, 15) is 4.79 Å². The number of piperidine rings is 1. The Morgan fingerprint density at radius 2 is 1.96 bits per heavy atom. The minimum absolute atomic E-state index is 0.245. The largest absolute Gasteiger partial charge is 0.340 e. The summed E-state index contributed by atoms with van der Waals surface area (Å²) in [6.07, 6.45) is 10.2. The van der Waals surface area contributed by atoms with E-state index in [2.05, 4.69) is 19.8 Å². The summed E-state index contributed by atoms with van der Waals surface area (Å²) in [5.74, 6) is 2.27. The van der Waals surface area contributed by atoms with Crippen LogP contribution in [-0.4, -0.2) is 63.6 Å². The molecular formula is C18H26N4OS. The van der Waals surface area contributed by atoms with E-state index in [1.807, 2.05) is 0 Å². The number of hydrogen-bond donors (Lipinski definition) is 0. The molecule has 0 N–H and O–H groups in total. The van der Waals surface area contributed by atoms with Gasteiger partial charge in [-0.05, 0) is 43.6 Å². The van der Waals surface area contributed by atoms with Crippen molar-refractivity contribution in [2.24, 2.45) is 11.8 Å². The Morgan fingerprint density at radius 1 is 1.12 bits per heavy atom. The van der Waals surface area contributed by atoms with Crippen molar-refractivity contribution in [3.05, 3.63) is 18.5 Å². The second-order valence-electron chi connectivity index (χ2n) is 7.47. The molecule has 5 rings (SSSR count). The summed E-state index contributed by atoms with van der Waals surface area (Å²) in [5.41, 5.74) is 0. The number of carbonyl (C=O) groups is 1. The lowest BCUT2D eigenvalue weighted by Crippen LogP contribution is -2.47. The summed E-state index contributed by atoms with van der Waals surface area (Å²) in [4.78, 5) is 25.9. The van der Waals surface area contributed by atoms with Crippen LogP contribution >= 0.6 is 11.8 Å². The number of carbonyl (C=O) groups excluding carboxylic acids is 1. The summed E-state index contributed by atoms with van der Waals surface area (Å²) < 4.78 is 0. The number of aromatic nitrogens is 2. The average molecular weight is 347 g/mol. The normalized spacial score (nSPS) is 27.8. The van der Waals surface area contributed by atoms with Crippen molar-refractivity contribution >= 4 is 17.7 Å². The van der Waals surface area contributed by atoms with Gasteiger partial charge in [-0.2, -0.15) is 0 Å². The first-order chi connectivity index (χ1) is 11.8. The number of amides is 1. The van der Waals surface area contributed by atoms with E-state index >= 15 is 0 Å². The molecule has 4 fully saturated rings. The second-order valence-corrected chi connectivity index (χ2v) is 8.41. The molecule has 2 atom stereocenters. The standard InChI is InChI=1S/C18H26N4OS/c23-17(13-24-18-19-7-2-8-20-18)22-11-15-5-6-16(12-22)21(10-15)9-14-3-1-4-14/h2,7-8,14-16H,1,3-6,9-13H2/t15-,16-/m0/s1. The monoisotopic (exact) mass is 346 g/mol. The van der Waals surface area contributed by atoms with Gasteiger partial charge in [0.15, 0.2) is 5.16 Å². The first kappa shape index (κ1) is 16.3. The third-order valence-electron chi connectivity index (χ3n) is 5.76. The van der Waals surface area contributed by atoms with Crippen molar-refractivity contribution in [3.63, 3.8) is 0 Å². The first-order valence-corrected chi connectivity index (χ1v) is 10.2.